The molecule has 1 rings (SSSR count). The maximum Gasteiger partial charge on any atom is 0.251 e. The lowest BCUT2D eigenvalue weighted by Crippen LogP contribution is -2.20. The number of methoxy groups -OCH3 is 1. The fourth-order valence-corrected chi connectivity index (χ4v) is 1.21. The Bertz CT molecular complexity index is 337. The molecule has 14 heavy (non-hydrogen) atoms. The SMILES string of the molecule is CNC(=O)c1cc(OC)ccc1CN. The quantitative estimate of drug-likeness (QED) is 0.737. The van der Waals surface area contributed by atoms with Crippen LogP contribution in [0.5, 0.6) is 5.75 Å². The van der Waals surface area contributed by atoms with Crippen molar-refractivity contribution in [3.8, 4) is 5.75 Å². The van der Waals surface area contributed by atoms with Gasteiger partial charge in [0.2, 0.25) is 0 Å². The standard InChI is InChI=1S/C10H14N2O2/c1-12-10(13)9-5-8(14-2)4-3-7(9)6-11/h3-5H,6,11H2,1-2H3,(H,12,13). The van der Waals surface area contributed by atoms with Gasteiger partial charge in [0.15, 0.2) is 0 Å². The summed E-state index contributed by atoms with van der Waals surface area (Å²) in [5.41, 5.74) is 6.89. The van der Waals surface area contributed by atoms with Gasteiger partial charge in [0.25, 0.3) is 5.91 Å². The predicted octanol–water partition coefficient (Wildman–Crippen LogP) is 0.513. The minimum absolute atomic E-state index is 0.149. The normalized spacial score (nSPS) is 9.64. The van der Waals surface area contributed by atoms with Gasteiger partial charge in [-0.05, 0) is 17.7 Å². The molecular formula is C10H14N2O2. The van der Waals surface area contributed by atoms with E-state index in [2.05, 4.69) is 5.32 Å². The van der Waals surface area contributed by atoms with E-state index < -0.39 is 0 Å². The Morgan fingerprint density at radius 1 is 1.57 bits per heavy atom. The minimum Gasteiger partial charge on any atom is -0.497 e. The van der Waals surface area contributed by atoms with Crippen LogP contribution in [-0.4, -0.2) is 20.1 Å². The van der Waals surface area contributed by atoms with Gasteiger partial charge in [-0.1, -0.05) is 6.07 Å². The lowest BCUT2D eigenvalue weighted by molar-refractivity contribution is 0.0962. The van der Waals surface area contributed by atoms with Gasteiger partial charge in [0.1, 0.15) is 5.75 Å². The molecule has 1 aromatic rings. The lowest BCUT2D eigenvalue weighted by atomic mass is 10.1. The summed E-state index contributed by atoms with van der Waals surface area (Å²) in [6.07, 6.45) is 0. The van der Waals surface area contributed by atoms with Crippen LogP contribution in [0, 0.1) is 0 Å². The first-order valence-electron chi connectivity index (χ1n) is 4.32. The Balaban J connectivity index is 3.14. The molecule has 3 N–H and O–H groups in total. The third-order valence-corrected chi connectivity index (χ3v) is 2.01. The van der Waals surface area contributed by atoms with Gasteiger partial charge >= 0.3 is 0 Å². The zero-order valence-corrected chi connectivity index (χ0v) is 8.33. The first-order chi connectivity index (χ1) is 6.72. The van der Waals surface area contributed by atoms with Crippen molar-refractivity contribution in [2.75, 3.05) is 14.2 Å². The van der Waals surface area contributed by atoms with Crippen LogP contribution in [0.4, 0.5) is 0 Å². The number of benzene rings is 1. The van der Waals surface area contributed by atoms with E-state index in [1.165, 1.54) is 0 Å². The van der Waals surface area contributed by atoms with Crippen molar-refractivity contribution in [1.29, 1.82) is 0 Å². The molecule has 4 heteroatoms. The van der Waals surface area contributed by atoms with Crippen LogP contribution in [0.15, 0.2) is 18.2 Å². The van der Waals surface area contributed by atoms with Crippen LogP contribution >= 0.6 is 0 Å². The maximum absolute atomic E-state index is 11.4. The van der Waals surface area contributed by atoms with Crippen LogP contribution in [0.3, 0.4) is 0 Å². The molecule has 0 aliphatic heterocycles. The average Bonchev–Trinajstić information content (AvgIpc) is 2.27. The molecule has 0 bridgehead atoms. The van der Waals surface area contributed by atoms with Gasteiger partial charge in [0, 0.05) is 19.2 Å². The van der Waals surface area contributed by atoms with E-state index in [1.54, 1.807) is 32.4 Å². The molecule has 0 spiro atoms. The highest BCUT2D eigenvalue weighted by molar-refractivity contribution is 5.95. The van der Waals surface area contributed by atoms with E-state index in [0.29, 0.717) is 17.9 Å². The molecule has 4 nitrogen and oxygen atoms in total. The van der Waals surface area contributed by atoms with Gasteiger partial charge in [-0.3, -0.25) is 4.79 Å². The summed E-state index contributed by atoms with van der Waals surface area (Å²) >= 11 is 0. The zero-order chi connectivity index (χ0) is 10.6. The molecule has 0 aromatic heterocycles. The Hall–Kier alpha value is -1.55. The fraction of sp³-hybridized carbons (Fsp3) is 0.300. The number of nitrogens with two attached hydrogens (primary N) is 1. The number of rotatable bonds is 3. The van der Waals surface area contributed by atoms with Crippen molar-refractivity contribution < 1.29 is 9.53 Å². The zero-order valence-electron chi connectivity index (χ0n) is 8.33. The maximum atomic E-state index is 11.4. The number of ether oxygens (including phenoxy) is 1. The van der Waals surface area contributed by atoms with Crippen LogP contribution in [0.2, 0.25) is 0 Å². The van der Waals surface area contributed by atoms with E-state index in [9.17, 15) is 4.79 Å². The van der Waals surface area contributed by atoms with E-state index in [0.717, 1.165) is 5.56 Å². The van der Waals surface area contributed by atoms with Crippen molar-refractivity contribution in [1.82, 2.24) is 5.32 Å². The summed E-state index contributed by atoms with van der Waals surface area (Å²) in [5, 5.41) is 2.56. The van der Waals surface area contributed by atoms with E-state index in [4.69, 9.17) is 10.5 Å². The molecule has 0 heterocycles. The first-order valence-corrected chi connectivity index (χ1v) is 4.32. The number of hydrogen-bond donors (Lipinski definition) is 2. The van der Waals surface area contributed by atoms with Crippen molar-refractivity contribution in [2.45, 2.75) is 6.54 Å². The topological polar surface area (TPSA) is 64.3 Å². The van der Waals surface area contributed by atoms with Gasteiger partial charge in [-0.15, -0.1) is 0 Å². The Kier molecular flexibility index (Phi) is 3.48. The number of amides is 1. The summed E-state index contributed by atoms with van der Waals surface area (Å²) in [6.45, 7) is 0.340. The smallest absolute Gasteiger partial charge is 0.251 e. The molecule has 0 saturated heterocycles. The molecule has 1 amide bonds. The second-order valence-electron chi connectivity index (χ2n) is 2.81. The molecule has 0 aliphatic rings. The van der Waals surface area contributed by atoms with Crippen LogP contribution in [0.1, 0.15) is 15.9 Å². The van der Waals surface area contributed by atoms with Crippen molar-refractivity contribution in [3.63, 3.8) is 0 Å². The second kappa shape index (κ2) is 4.62. The van der Waals surface area contributed by atoms with Crippen molar-refractivity contribution >= 4 is 5.91 Å². The predicted molar refractivity (Wildman–Crippen MR) is 54.3 cm³/mol. The van der Waals surface area contributed by atoms with E-state index in [1.807, 2.05) is 0 Å². The molecule has 0 aliphatic carbocycles. The molecule has 1 aromatic carbocycles. The average molecular weight is 194 g/mol. The summed E-state index contributed by atoms with van der Waals surface area (Å²) < 4.78 is 5.03. The Morgan fingerprint density at radius 3 is 2.79 bits per heavy atom. The second-order valence-corrected chi connectivity index (χ2v) is 2.81. The summed E-state index contributed by atoms with van der Waals surface area (Å²) in [6, 6.07) is 5.26. The Morgan fingerprint density at radius 2 is 2.29 bits per heavy atom. The fourth-order valence-electron chi connectivity index (χ4n) is 1.21. The number of nitrogens with one attached hydrogen (secondary N) is 1. The molecule has 0 radical (unpaired) electrons. The van der Waals surface area contributed by atoms with Gasteiger partial charge in [-0.25, -0.2) is 0 Å². The van der Waals surface area contributed by atoms with Crippen LogP contribution in [0.25, 0.3) is 0 Å². The third-order valence-electron chi connectivity index (χ3n) is 2.01. The van der Waals surface area contributed by atoms with E-state index >= 15 is 0 Å². The van der Waals surface area contributed by atoms with Crippen LogP contribution < -0.4 is 15.8 Å². The molecule has 0 atom stereocenters. The molecule has 0 fully saturated rings. The summed E-state index contributed by atoms with van der Waals surface area (Å²) in [7, 11) is 3.15. The molecule has 76 valence electrons. The van der Waals surface area contributed by atoms with Crippen molar-refractivity contribution in [3.05, 3.63) is 29.3 Å². The molecule has 0 saturated carbocycles. The Labute approximate surface area is 83.1 Å². The number of hydrogen-bond acceptors (Lipinski definition) is 3. The number of carbonyl (C=O) groups excluding carboxylic acids is 1. The highest BCUT2D eigenvalue weighted by atomic mass is 16.5. The lowest BCUT2D eigenvalue weighted by Gasteiger charge is -2.08. The van der Waals surface area contributed by atoms with Gasteiger partial charge in [0.05, 0.1) is 7.11 Å². The highest BCUT2D eigenvalue weighted by Gasteiger charge is 2.09. The van der Waals surface area contributed by atoms with Crippen molar-refractivity contribution in [2.24, 2.45) is 5.73 Å². The highest BCUT2D eigenvalue weighted by Crippen LogP contribution is 2.17. The number of carbonyl (C=O) groups is 1. The van der Waals surface area contributed by atoms with Gasteiger partial charge in [-0.2, -0.15) is 0 Å². The third kappa shape index (κ3) is 2.03. The summed E-state index contributed by atoms with van der Waals surface area (Å²) in [4.78, 5) is 11.4. The largest absolute Gasteiger partial charge is 0.497 e. The van der Waals surface area contributed by atoms with E-state index in [-0.39, 0.29) is 5.91 Å². The minimum atomic E-state index is -0.149. The molecule has 0 unspecified atom stereocenters. The molecular weight excluding hydrogens is 180 g/mol. The first kappa shape index (κ1) is 10.5. The monoisotopic (exact) mass is 194 g/mol. The van der Waals surface area contributed by atoms with Gasteiger partial charge < -0.3 is 15.8 Å². The summed E-state index contributed by atoms with van der Waals surface area (Å²) in [5.74, 6) is 0.505. The van der Waals surface area contributed by atoms with Crippen LogP contribution in [-0.2, 0) is 6.54 Å².